The standard InChI is InChI=1S/C15H19FN2O3/c1-9(19)17-12-8-13-10(7-11(12)16)5-6-18(13)14(20)21-15(2,3)4/h7-8H,5-6H2,1-4H3,(H,17,19). The molecular formula is C15H19FN2O3. The molecular weight excluding hydrogens is 275 g/mol. The molecule has 0 saturated heterocycles. The Morgan fingerprint density at radius 3 is 2.57 bits per heavy atom. The van der Waals surface area contributed by atoms with Crippen LogP contribution in [0.5, 0.6) is 0 Å². The Bertz CT molecular complexity index is 593. The number of rotatable bonds is 1. The van der Waals surface area contributed by atoms with Gasteiger partial charge in [-0.15, -0.1) is 0 Å². The fourth-order valence-corrected chi connectivity index (χ4v) is 2.20. The third kappa shape index (κ3) is 3.51. The van der Waals surface area contributed by atoms with Crippen LogP contribution in [0, 0.1) is 5.82 Å². The van der Waals surface area contributed by atoms with Gasteiger partial charge in [-0.05, 0) is 44.9 Å². The van der Waals surface area contributed by atoms with E-state index in [1.54, 1.807) is 20.8 Å². The molecule has 6 heteroatoms. The summed E-state index contributed by atoms with van der Waals surface area (Å²) in [6.07, 6.45) is 0.0906. The smallest absolute Gasteiger partial charge is 0.414 e. The molecule has 1 aromatic carbocycles. The van der Waals surface area contributed by atoms with Gasteiger partial charge in [0, 0.05) is 13.5 Å². The van der Waals surface area contributed by atoms with E-state index in [9.17, 15) is 14.0 Å². The van der Waals surface area contributed by atoms with Crippen molar-refractivity contribution in [2.75, 3.05) is 16.8 Å². The Kier molecular flexibility index (Phi) is 3.89. The SMILES string of the molecule is CC(=O)Nc1cc2c(cc1F)CCN2C(=O)OC(C)(C)C. The number of nitrogens with one attached hydrogen (secondary N) is 1. The summed E-state index contributed by atoms with van der Waals surface area (Å²) in [7, 11) is 0. The fourth-order valence-electron chi connectivity index (χ4n) is 2.20. The minimum Gasteiger partial charge on any atom is -0.443 e. The summed E-state index contributed by atoms with van der Waals surface area (Å²) in [6.45, 7) is 7.10. The number of benzene rings is 1. The van der Waals surface area contributed by atoms with E-state index >= 15 is 0 Å². The molecule has 0 aliphatic carbocycles. The molecule has 1 heterocycles. The van der Waals surface area contributed by atoms with Crippen LogP contribution in [0.4, 0.5) is 20.6 Å². The van der Waals surface area contributed by atoms with Crippen LogP contribution in [0.15, 0.2) is 12.1 Å². The molecule has 0 aromatic heterocycles. The first-order valence-corrected chi connectivity index (χ1v) is 6.78. The molecule has 1 aliphatic rings. The molecule has 2 rings (SSSR count). The highest BCUT2D eigenvalue weighted by Crippen LogP contribution is 2.33. The summed E-state index contributed by atoms with van der Waals surface area (Å²) < 4.78 is 19.2. The van der Waals surface area contributed by atoms with Crippen molar-refractivity contribution in [3.63, 3.8) is 0 Å². The van der Waals surface area contributed by atoms with Crippen LogP contribution < -0.4 is 10.2 Å². The Hall–Kier alpha value is -2.11. The number of hydrogen-bond acceptors (Lipinski definition) is 3. The van der Waals surface area contributed by atoms with Crippen molar-refractivity contribution in [2.24, 2.45) is 0 Å². The van der Waals surface area contributed by atoms with Gasteiger partial charge in [-0.25, -0.2) is 9.18 Å². The molecule has 0 unspecified atom stereocenters. The number of hydrogen-bond donors (Lipinski definition) is 1. The van der Waals surface area contributed by atoms with Gasteiger partial charge in [0.25, 0.3) is 0 Å². The molecule has 21 heavy (non-hydrogen) atoms. The normalized spacial score (nSPS) is 13.9. The van der Waals surface area contributed by atoms with Crippen molar-refractivity contribution in [1.82, 2.24) is 0 Å². The molecule has 5 nitrogen and oxygen atoms in total. The van der Waals surface area contributed by atoms with Crippen LogP contribution in [0.2, 0.25) is 0 Å². The van der Waals surface area contributed by atoms with Crippen LogP contribution in [0.1, 0.15) is 33.3 Å². The lowest BCUT2D eigenvalue weighted by Crippen LogP contribution is -2.35. The second-order valence-electron chi connectivity index (χ2n) is 6.02. The first-order valence-electron chi connectivity index (χ1n) is 6.78. The number of carbonyl (C=O) groups is 2. The van der Waals surface area contributed by atoms with E-state index in [1.807, 2.05) is 0 Å². The molecule has 0 spiro atoms. The van der Waals surface area contributed by atoms with Crippen molar-refractivity contribution in [3.05, 3.63) is 23.5 Å². The molecule has 0 saturated carbocycles. The minimum atomic E-state index is -0.597. The molecule has 1 N–H and O–H groups in total. The van der Waals surface area contributed by atoms with E-state index in [0.29, 0.717) is 18.7 Å². The maximum Gasteiger partial charge on any atom is 0.414 e. The first kappa shape index (κ1) is 15.3. The second kappa shape index (κ2) is 5.35. The number of fused-ring (bicyclic) bond motifs is 1. The van der Waals surface area contributed by atoms with Crippen molar-refractivity contribution >= 4 is 23.4 Å². The number of carbonyl (C=O) groups excluding carboxylic acids is 2. The number of anilines is 2. The molecule has 1 aliphatic heterocycles. The van der Waals surface area contributed by atoms with E-state index in [-0.39, 0.29) is 11.6 Å². The maximum atomic E-state index is 13.9. The fraction of sp³-hybridized carbons (Fsp3) is 0.467. The van der Waals surface area contributed by atoms with E-state index in [2.05, 4.69) is 5.32 Å². The van der Waals surface area contributed by atoms with Gasteiger partial charge in [0.05, 0.1) is 11.4 Å². The minimum absolute atomic E-state index is 0.0664. The van der Waals surface area contributed by atoms with Gasteiger partial charge >= 0.3 is 6.09 Å². The Labute approximate surface area is 123 Å². The second-order valence-corrected chi connectivity index (χ2v) is 6.02. The summed E-state index contributed by atoms with van der Waals surface area (Å²) in [6, 6.07) is 2.83. The quantitative estimate of drug-likeness (QED) is 0.866. The summed E-state index contributed by atoms with van der Waals surface area (Å²) in [4.78, 5) is 24.7. The molecule has 0 radical (unpaired) electrons. The lowest BCUT2D eigenvalue weighted by atomic mass is 10.1. The highest BCUT2D eigenvalue weighted by molar-refractivity contribution is 5.94. The molecule has 114 valence electrons. The lowest BCUT2D eigenvalue weighted by molar-refractivity contribution is -0.114. The van der Waals surface area contributed by atoms with Crippen LogP contribution in [0.3, 0.4) is 0 Å². The first-order chi connectivity index (χ1) is 9.67. The zero-order valence-electron chi connectivity index (χ0n) is 12.6. The number of nitrogens with zero attached hydrogens (tertiary/aromatic N) is 1. The molecule has 0 bridgehead atoms. The average Bonchev–Trinajstić information content (AvgIpc) is 2.69. The van der Waals surface area contributed by atoms with Gasteiger partial charge in [0.15, 0.2) is 0 Å². The van der Waals surface area contributed by atoms with E-state index in [0.717, 1.165) is 5.56 Å². The van der Waals surface area contributed by atoms with Crippen molar-refractivity contribution in [3.8, 4) is 0 Å². The summed E-state index contributed by atoms with van der Waals surface area (Å²) >= 11 is 0. The van der Waals surface area contributed by atoms with Gasteiger partial charge in [-0.3, -0.25) is 9.69 Å². The average molecular weight is 294 g/mol. The largest absolute Gasteiger partial charge is 0.443 e. The van der Waals surface area contributed by atoms with Gasteiger partial charge in [0.1, 0.15) is 11.4 Å². The van der Waals surface area contributed by atoms with Gasteiger partial charge in [0.2, 0.25) is 5.91 Å². The van der Waals surface area contributed by atoms with Crippen LogP contribution in [-0.2, 0) is 16.0 Å². The lowest BCUT2D eigenvalue weighted by Gasteiger charge is -2.25. The number of halogens is 1. The molecule has 2 amide bonds. The van der Waals surface area contributed by atoms with Crippen molar-refractivity contribution in [2.45, 2.75) is 39.7 Å². The van der Waals surface area contributed by atoms with Crippen LogP contribution >= 0.6 is 0 Å². The summed E-state index contributed by atoms with van der Waals surface area (Å²) in [5.74, 6) is -0.870. The molecule has 0 fully saturated rings. The maximum absolute atomic E-state index is 13.9. The topological polar surface area (TPSA) is 58.6 Å². The molecule has 0 atom stereocenters. The van der Waals surface area contributed by atoms with Gasteiger partial charge in [-0.2, -0.15) is 0 Å². The predicted octanol–water partition coefficient (Wildman–Crippen LogP) is 3.08. The summed E-state index contributed by atoms with van der Waals surface area (Å²) in [5.41, 5.74) is 0.777. The third-order valence-electron chi connectivity index (χ3n) is 2.99. The zero-order valence-corrected chi connectivity index (χ0v) is 12.6. The number of ether oxygens (including phenoxy) is 1. The molecule has 1 aromatic rings. The van der Waals surface area contributed by atoms with Gasteiger partial charge in [-0.1, -0.05) is 0 Å². The highest BCUT2D eigenvalue weighted by Gasteiger charge is 2.30. The van der Waals surface area contributed by atoms with E-state index in [1.165, 1.54) is 24.0 Å². The highest BCUT2D eigenvalue weighted by atomic mass is 19.1. The van der Waals surface area contributed by atoms with Crippen LogP contribution in [0.25, 0.3) is 0 Å². The Morgan fingerprint density at radius 2 is 2.00 bits per heavy atom. The number of amides is 2. The van der Waals surface area contributed by atoms with Crippen molar-refractivity contribution < 1.29 is 18.7 Å². The van der Waals surface area contributed by atoms with Gasteiger partial charge < -0.3 is 10.1 Å². The monoisotopic (exact) mass is 294 g/mol. The predicted molar refractivity (Wildman–Crippen MR) is 78.0 cm³/mol. The van der Waals surface area contributed by atoms with E-state index in [4.69, 9.17) is 4.74 Å². The Balaban J connectivity index is 2.30. The Morgan fingerprint density at radius 1 is 1.33 bits per heavy atom. The zero-order chi connectivity index (χ0) is 15.8. The van der Waals surface area contributed by atoms with Crippen molar-refractivity contribution in [1.29, 1.82) is 0 Å². The third-order valence-corrected chi connectivity index (χ3v) is 2.99. The van der Waals surface area contributed by atoms with E-state index < -0.39 is 17.5 Å². The summed E-state index contributed by atoms with van der Waals surface area (Å²) in [5, 5.41) is 2.42. The van der Waals surface area contributed by atoms with Crippen LogP contribution in [-0.4, -0.2) is 24.1 Å².